The summed E-state index contributed by atoms with van der Waals surface area (Å²) in [5.41, 5.74) is 0.933. The Morgan fingerprint density at radius 3 is 2.92 bits per heavy atom. The van der Waals surface area contributed by atoms with Crippen molar-refractivity contribution in [2.24, 2.45) is 0 Å². The Balaban J connectivity index is 2.55. The monoisotopic (exact) mass is 178 g/mol. The molecule has 3 heteroatoms. The third kappa shape index (κ3) is 1.13. The van der Waals surface area contributed by atoms with Crippen LogP contribution in [0.15, 0.2) is 24.3 Å². The van der Waals surface area contributed by atoms with Gasteiger partial charge in [-0.25, -0.2) is 4.39 Å². The van der Waals surface area contributed by atoms with Gasteiger partial charge in [0.25, 0.3) is 0 Å². The molecule has 0 saturated carbocycles. The van der Waals surface area contributed by atoms with Crippen molar-refractivity contribution in [1.29, 1.82) is 0 Å². The average molecular weight is 178 g/mol. The summed E-state index contributed by atoms with van der Waals surface area (Å²) >= 11 is 0. The lowest BCUT2D eigenvalue weighted by molar-refractivity contribution is -0.137. The molecule has 0 aliphatic heterocycles. The molecular weight excluding hydrogens is 171 g/mol. The van der Waals surface area contributed by atoms with Crippen LogP contribution in [0.5, 0.6) is 0 Å². The van der Waals surface area contributed by atoms with Crippen LogP contribution in [0.1, 0.15) is 17.0 Å². The number of hydrogen-bond acceptors (Lipinski definition) is 1. The molecule has 0 spiro atoms. The van der Waals surface area contributed by atoms with Gasteiger partial charge in [0, 0.05) is 5.56 Å². The van der Waals surface area contributed by atoms with Crippen LogP contribution in [-0.2, 0) is 4.79 Å². The number of fused-ring (bicyclic) bond motifs is 1. The highest BCUT2D eigenvalue weighted by molar-refractivity contribution is 5.85. The number of carboxylic acid groups (broad SMARTS) is 1. The largest absolute Gasteiger partial charge is 0.481 e. The summed E-state index contributed by atoms with van der Waals surface area (Å²) in [5.74, 6) is -2.00. The Morgan fingerprint density at radius 2 is 2.23 bits per heavy atom. The van der Waals surface area contributed by atoms with Crippen molar-refractivity contribution >= 4 is 12.0 Å². The van der Waals surface area contributed by atoms with Crippen molar-refractivity contribution in [3.8, 4) is 0 Å². The molecule has 1 aliphatic rings. The minimum Gasteiger partial charge on any atom is -0.481 e. The molecule has 1 aliphatic carbocycles. The molecule has 0 radical (unpaired) electrons. The fourth-order valence-electron chi connectivity index (χ4n) is 1.51. The smallest absolute Gasteiger partial charge is 0.314 e. The molecule has 0 heterocycles. The lowest BCUT2D eigenvalue weighted by Gasteiger charge is -2.04. The van der Waals surface area contributed by atoms with Crippen LogP contribution in [-0.4, -0.2) is 11.1 Å². The zero-order valence-electron chi connectivity index (χ0n) is 6.70. The SMILES string of the molecule is O=C(O)C1C=Cc2c(F)cccc21. The quantitative estimate of drug-likeness (QED) is 0.714. The third-order valence-corrected chi connectivity index (χ3v) is 2.14. The number of carbonyl (C=O) groups is 1. The van der Waals surface area contributed by atoms with Crippen LogP contribution in [0.4, 0.5) is 4.39 Å². The van der Waals surface area contributed by atoms with Gasteiger partial charge in [-0.15, -0.1) is 0 Å². The van der Waals surface area contributed by atoms with E-state index in [9.17, 15) is 9.18 Å². The van der Waals surface area contributed by atoms with Gasteiger partial charge < -0.3 is 5.11 Å². The first-order valence-electron chi connectivity index (χ1n) is 3.89. The number of rotatable bonds is 1. The van der Waals surface area contributed by atoms with Gasteiger partial charge in [-0.2, -0.15) is 0 Å². The molecule has 0 amide bonds. The zero-order chi connectivity index (χ0) is 9.42. The van der Waals surface area contributed by atoms with E-state index in [4.69, 9.17) is 5.11 Å². The molecule has 1 aromatic rings. The summed E-state index contributed by atoms with van der Waals surface area (Å²) in [6, 6.07) is 4.49. The van der Waals surface area contributed by atoms with Crippen LogP contribution >= 0.6 is 0 Å². The van der Waals surface area contributed by atoms with E-state index in [1.165, 1.54) is 24.3 Å². The van der Waals surface area contributed by atoms with Crippen molar-refractivity contribution in [3.05, 3.63) is 41.2 Å². The lowest BCUT2D eigenvalue weighted by atomic mass is 10.0. The summed E-state index contributed by atoms with van der Waals surface area (Å²) < 4.78 is 13.1. The molecule has 0 bridgehead atoms. The lowest BCUT2D eigenvalue weighted by Crippen LogP contribution is -2.07. The van der Waals surface area contributed by atoms with Gasteiger partial charge >= 0.3 is 5.97 Å². The molecule has 0 saturated heterocycles. The zero-order valence-corrected chi connectivity index (χ0v) is 6.70. The number of hydrogen-bond donors (Lipinski definition) is 1. The van der Waals surface area contributed by atoms with Gasteiger partial charge in [0.2, 0.25) is 0 Å². The van der Waals surface area contributed by atoms with Crippen molar-refractivity contribution in [3.63, 3.8) is 0 Å². The Kier molecular flexibility index (Phi) is 1.65. The fourth-order valence-corrected chi connectivity index (χ4v) is 1.51. The fraction of sp³-hybridized carbons (Fsp3) is 0.100. The van der Waals surface area contributed by atoms with Gasteiger partial charge in [0.15, 0.2) is 0 Å². The average Bonchev–Trinajstić information content (AvgIpc) is 2.48. The molecule has 2 nitrogen and oxygen atoms in total. The number of aliphatic carboxylic acids is 1. The van der Waals surface area contributed by atoms with Gasteiger partial charge in [0.05, 0.1) is 0 Å². The summed E-state index contributed by atoms with van der Waals surface area (Å²) in [6.45, 7) is 0. The first-order valence-corrected chi connectivity index (χ1v) is 3.89. The van der Waals surface area contributed by atoms with Gasteiger partial charge in [-0.05, 0) is 11.6 Å². The molecule has 0 fully saturated rings. The topological polar surface area (TPSA) is 37.3 Å². The molecule has 66 valence electrons. The van der Waals surface area contributed by atoms with Crippen LogP contribution in [0.2, 0.25) is 0 Å². The van der Waals surface area contributed by atoms with E-state index in [0.29, 0.717) is 11.1 Å². The maximum absolute atomic E-state index is 13.1. The first-order chi connectivity index (χ1) is 6.20. The van der Waals surface area contributed by atoms with E-state index >= 15 is 0 Å². The van der Waals surface area contributed by atoms with Crippen molar-refractivity contribution < 1.29 is 14.3 Å². The number of carboxylic acids is 1. The second kappa shape index (κ2) is 2.69. The van der Waals surface area contributed by atoms with Crippen molar-refractivity contribution in [2.75, 3.05) is 0 Å². The molecule has 2 rings (SSSR count). The normalized spacial score (nSPS) is 18.7. The first kappa shape index (κ1) is 7.98. The predicted octanol–water partition coefficient (Wildman–Crippen LogP) is 2.02. The highest BCUT2D eigenvalue weighted by Crippen LogP contribution is 2.31. The Bertz CT molecular complexity index is 396. The Hall–Kier alpha value is -1.64. The Morgan fingerprint density at radius 1 is 1.46 bits per heavy atom. The third-order valence-electron chi connectivity index (χ3n) is 2.14. The van der Waals surface area contributed by atoms with Crippen molar-refractivity contribution in [2.45, 2.75) is 5.92 Å². The van der Waals surface area contributed by atoms with E-state index in [0.717, 1.165) is 0 Å². The van der Waals surface area contributed by atoms with Gasteiger partial charge in [-0.3, -0.25) is 4.79 Å². The van der Waals surface area contributed by atoms with E-state index in [-0.39, 0.29) is 5.82 Å². The van der Waals surface area contributed by atoms with E-state index in [1.54, 1.807) is 6.07 Å². The van der Waals surface area contributed by atoms with Gasteiger partial charge in [0.1, 0.15) is 11.7 Å². The minimum atomic E-state index is -0.944. The number of benzene rings is 1. The highest BCUT2D eigenvalue weighted by Gasteiger charge is 2.24. The second-order valence-corrected chi connectivity index (χ2v) is 2.92. The highest BCUT2D eigenvalue weighted by atomic mass is 19.1. The molecule has 1 N–H and O–H groups in total. The molecule has 1 aromatic carbocycles. The molecule has 1 unspecified atom stereocenters. The van der Waals surface area contributed by atoms with E-state index < -0.39 is 11.9 Å². The molecule has 13 heavy (non-hydrogen) atoms. The van der Waals surface area contributed by atoms with Crippen LogP contribution in [0.25, 0.3) is 6.08 Å². The minimum absolute atomic E-state index is 0.363. The maximum Gasteiger partial charge on any atom is 0.314 e. The predicted molar refractivity (Wildman–Crippen MR) is 45.8 cm³/mol. The number of halogens is 1. The molecule has 1 atom stereocenters. The van der Waals surface area contributed by atoms with Gasteiger partial charge in [-0.1, -0.05) is 24.3 Å². The van der Waals surface area contributed by atoms with Crippen molar-refractivity contribution in [1.82, 2.24) is 0 Å². The summed E-state index contributed by atoms with van der Waals surface area (Å²) in [7, 11) is 0. The molecule has 0 aromatic heterocycles. The van der Waals surface area contributed by atoms with E-state index in [1.807, 2.05) is 0 Å². The van der Waals surface area contributed by atoms with Crippen LogP contribution < -0.4 is 0 Å². The summed E-state index contributed by atoms with van der Waals surface area (Å²) in [6.07, 6.45) is 3.01. The summed E-state index contributed by atoms with van der Waals surface area (Å²) in [4.78, 5) is 10.7. The van der Waals surface area contributed by atoms with E-state index in [2.05, 4.69) is 0 Å². The standard InChI is InChI=1S/C10H7FO2/c11-9-3-1-2-6-7(9)4-5-8(6)10(12)13/h1-5,8H,(H,12,13). The Labute approximate surface area is 74.3 Å². The molecular formula is C10H7FO2. The van der Waals surface area contributed by atoms with Crippen LogP contribution in [0.3, 0.4) is 0 Å². The van der Waals surface area contributed by atoms with Crippen LogP contribution in [0, 0.1) is 5.82 Å². The second-order valence-electron chi connectivity index (χ2n) is 2.92. The maximum atomic E-state index is 13.1. The summed E-state index contributed by atoms with van der Waals surface area (Å²) in [5, 5.41) is 8.78.